The van der Waals surface area contributed by atoms with Gasteiger partial charge in [0, 0.05) is 6.54 Å². The van der Waals surface area contributed by atoms with Gasteiger partial charge in [-0.3, -0.25) is 9.59 Å². The Labute approximate surface area is 244 Å². The van der Waals surface area contributed by atoms with Crippen LogP contribution in [0, 0.1) is 0 Å². The third-order valence-corrected chi connectivity index (χ3v) is 6.15. The van der Waals surface area contributed by atoms with Crippen molar-refractivity contribution in [3.05, 3.63) is 95.6 Å². The monoisotopic (exact) mass is 579 g/mol. The molecule has 0 radical (unpaired) electrons. The molecule has 5 N–H and O–H groups in total. The maximum atomic E-state index is 10.3. The number of rotatable bonds is 13. The second-order valence-electron chi connectivity index (χ2n) is 9.78. The summed E-state index contributed by atoms with van der Waals surface area (Å²) in [4.78, 5) is 32.6. The zero-order valence-electron chi connectivity index (χ0n) is 23.9. The fraction of sp³-hybridized carbons (Fsp3) is 0.281. The molecule has 42 heavy (non-hydrogen) atoms. The number of phenolic OH excluding ortho intramolecular Hbond substituents is 1. The smallest absolute Gasteiger partial charge is 0.336 e. The number of aliphatic carboxylic acids is 3. The van der Waals surface area contributed by atoms with E-state index in [1.807, 2.05) is 44.4 Å². The van der Waals surface area contributed by atoms with Crippen LogP contribution < -0.4 is 4.74 Å². The number of ether oxygens (including phenoxy) is 1. The van der Waals surface area contributed by atoms with Crippen LogP contribution >= 0.6 is 0 Å². The van der Waals surface area contributed by atoms with E-state index in [4.69, 9.17) is 25.2 Å². The summed E-state index contributed by atoms with van der Waals surface area (Å²) in [5.74, 6) is -3.88. The van der Waals surface area contributed by atoms with Gasteiger partial charge in [0.25, 0.3) is 0 Å². The van der Waals surface area contributed by atoms with Crippen LogP contribution in [-0.4, -0.2) is 81.2 Å². The molecule has 0 spiro atoms. The molecule has 0 amide bonds. The molecule has 0 aliphatic rings. The summed E-state index contributed by atoms with van der Waals surface area (Å²) < 4.78 is 5.85. The lowest BCUT2D eigenvalue weighted by atomic mass is 9.88. The van der Waals surface area contributed by atoms with Crippen molar-refractivity contribution in [2.45, 2.75) is 31.8 Å². The number of hydrogen-bond donors (Lipinski definition) is 5. The number of carboxylic acid groups (broad SMARTS) is 3. The minimum atomic E-state index is -2.74. The molecule has 0 heterocycles. The summed E-state index contributed by atoms with van der Waals surface area (Å²) in [5.41, 5.74) is 2.95. The molecule has 10 nitrogen and oxygen atoms in total. The first-order valence-electron chi connectivity index (χ1n) is 13.2. The number of likely N-dealkylation sites (N-methyl/N-ethyl adjacent to an activating group) is 1. The Balaban J connectivity index is 0.000000401. The average molecular weight is 580 g/mol. The third-order valence-electron chi connectivity index (χ3n) is 6.15. The molecule has 3 rings (SSSR count). The summed E-state index contributed by atoms with van der Waals surface area (Å²) in [7, 11) is 4.07. The van der Waals surface area contributed by atoms with Crippen molar-refractivity contribution in [3.8, 4) is 11.5 Å². The minimum absolute atomic E-state index is 0.271. The van der Waals surface area contributed by atoms with Gasteiger partial charge in [0.2, 0.25) is 0 Å². The quantitative estimate of drug-likeness (QED) is 0.183. The highest BCUT2D eigenvalue weighted by atomic mass is 16.5. The van der Waals surface area contributed by atoms with Gasteiger partial charge < -0.3 is 35.2 Å². The molecule has 0 aromatic heterocycles. The molecular weight excluding hydrogens is 542 g/mol. The number of aliphatic hydroxyl groups is 1. The van der Waals surface area contributed by atoms with Crippen LogP contribution in [0.5, 0.6) is 11.5 Å². The standard InChI is InChI=1S/C26H29NO2.C6H8O7/c1-4-25(20-9-6-5-7-10-20)26(22-11-8-12-23(28)19-22)21-13-15-24(16-14-21)29-18-17-27(2)3;7-3(8)1-6(13,5(11)12)2-4(9)10/h5-16,19,28H,4,17-18H2,1-3H3;13H,1-2H2,(H,7,8)(H,9,10)(H,11,12)/b26-25-;. The Bertz CT molecular complexity index is 1350. The van der Waals surface area contributed by atoms with Crippen LogP contribution in [0.1, 0.15) is 42.9 Å². The maximum Gasteiger partial charge on any atom is 0.336 e. The van der Waals surface area contributed by atoms with Crippen molar-refractivity contribution in [1.82, 2.24) is 4.90 Å². The van der Waals surface area contributed by atoms with Crippen molar-refractivity contribution in [3.63, 3.8) is 0 Å². The molecule has 0 bridgehead atoms. The number of hydrogen-bond acceptors (Lipinski definition) is 7. The number of aromatic hydroxyl groups is 1. The lowest BCUT2D eigenvalue weighted by Crippen LogP contribution is -2.42. The molecule has 3 aromatic rings. The lowest BCUT2D eigenvalue weighted by Gasteiger charge is -2.18. The van der Waals surface area contributed by atoms with Crippen molar-refractivity contribution in [2.75, 3.05) is 27.2 Å². The van der Waals surface area contributed by atoms with Crippen LogP contribution in [-0.2, 0) is 14.4 Å². The first-order chi connectivity index (χ1) is 19.9. The van der Waals surface area contributed by atoms with Crippen LogP contribution in [0.25, 0.3) is 11.1 Å². The first kappa shape index (κ1) is 33.5. The summed E-state index contributed by atoms with van der Waals surface area (Å²) in [5, 5.41) is 43.9. The molecule has 3 aromatic carbocycles. The number of allylic oxidation sites excluding steroid dienone is 1. The molecule has 0 aliphatic heterocycles. The van der Waals surface area contributed by atoms with E-state index < -0.39 is 36.4 Å². The molecule has 0 saturated carbocycles. The average Bonchev–Trinajstić information content (AvgIpc) is 2.92. The molecule has 224 valence electrons. The van der Waals surface area contributed by atoms with Gasteiger partial charge in [-0.2, -0.15) is 0 Å². The van der Waals surface area contributed by atoms with Gasteiger partial charge >= 0.3 is 17.9 Å². The van der Waals surface area contributed by atoms with E-state index >= 15 is 0 Å². The Hall–Kier alpha value is -4.67. The van der Waals surface area contributed by atoms with Crippen molar-refractivity contribution in [1.29, 1.82) is 0 Å². The SMILES string of the molecule is CC/C(=C(\c1ccc(OCCN(C)C)cc1)c1cccc(O)c1)c1ccccc1.O=C(O)CC(O)(CC(=O)O)C(=O)O. The summed E-state index contributed by atoms with van der Waals surface area (Å²) in [6.45, 7) is 3.71. The van der Waals surface area contributed by atoms with Crippen LogP contribution in [0.3, 0.4) is 0 Å². The van der Waals surface area contributed by atoms with E-state index in [0.29, 0.717) is 6.61 Å². The number of nitrogens with zero attached hydrogens (tertiary/aromatic N) is 1. The van der Waals surface area contributed by atoms with E-state index in [9.17, 15) is 19.5 Å². The van der Waals surface area contributed by atoms with Gasteiger partial charge in [0.05, 0.1) is 12.8 Å². The fourth-order valence-electron chi connectivity index (χ4n) is 4.12. The third kappa shape index (κ3) is 10.4. The molecular formula is C32H37NO9. The Morgan fingerprint density at radius 2 is 1.36 bits per heavy atom. The molecule has 0 atom stereocenters. The number of carbonyl (C=O) groups is 3. The van der Waals surface area contributed by atoms with Gasteiger partial charge in [-0.1, -0.05) is 61.5 Å². The molecule has 0 fully saturated rings. The van der Waals surface area contributed by atoms with Crippen LogP contribution in [0.2, 0.25) is 0 Å². The van der Waals surface area contributed by atoms with Gasteiger partial charge in [-0.25, -0.2) is 4.79 Å². The van der Waals surface area contributed by atoms with Gasteiger partial charge in [0.15, 0.2) is 5.60 Å². The Morgan fingerprint density at radius 1 is 0.786 bits per heavy atom. The van der Waals surface area contributed by atoms with Crippen molar-refractivity contribution >= 4 is 29.1 Å². The second kappa shape index (κ2) is 15.9. The second-order valence-corrected chi connectivity index (χ2v) is 9.78. The summed E-state index contributed by atoms with van der Waals surface area (Å²) in [6, 6.07) is 26.2. The normalized spacial score (nSPS) is 11.6. The van der Waals surface area contributed by atoms with Gasteiger partial charge in [-0.05, 0) is 72.6 Å². The number of carboxylic acids is 3. The van der Waals surface area contributed by atoms with Gasteiger partial charge in [-0.15, -0.1) is 0 Å². The van der Waals surface area contributed by atoms with Gasteiger partial charge in [0.1, 0.15) is 18.1 Å². The first-order valence-corrected chi connectivity index (χ1v) is 13.2. The minimum Gasteiger partial charge on any atom is -0.508 e. The molecule has 0 unspecified atom stereocenters. The largest absolute Gasteiger partial charge is 0.508 e. The van der Waals surface area contributed by atoms with Crippen LogP contribution in [0.4, 0.5) is 0 Å². The molecule has 0 saturated heterocycles. The molecule has 0 aliphatic carbocycles. The highest BCUT2D eigenvalue weighted by Gasteiger charge is 2.40. The fourth-order valence-corrected chi connectivity index (χ4v) is 4.12. The summed E-state index contributed by atoms with van der Waals surface area (Å²) >= 11 is 0. The Kier molecular flexibility index (Phi) is 12.7. The number of phenols is 1. The predicted octanol–water partition coefficient (Wildman–Crippen LogP) is 4.45. The zero-order valence-corrected chi connectivity index (χ0v) is 23.9. The van der Waals surface area contributed by atoms with Crippen molar-refractivity contribution in [2.24, 2.45) is 0 Å². The van der Waals surface area contributed by atoms with Crippen LogP contribution in [0.15, 0.2) is 78.9 Å². The highest BCUT2D eigenvalue weighted by Crippen LogP contribution is 2.36. The van der Waals surface area contributed by atoms with E-state index in [2.05, 4.69) is 54.3 Å². The molecule has 10 heteroatoms. The predicted molar refractivity (Wildman–Crippen MR) is 158 cm³/mol. The highest BCUT2D eigenvalue weighted by molar-refractivity contribution is 5.98. The Morgan fingerprint density at radius 3 is 1.83 bits per heavy atom. The maximum absolute atomic E-state index is 10.3. The van der Waals surface area contributed by atoms with Crippen molar-refractivity contribution < 1.29 is 44.7 Å². The lowest BCUT2D eigenvalue weighted by molar-refractivity contribution is -0.170. The van der Waals surface area contributed by atoms with E-state index in [0.717, 1.165) is 35.4 Å². The topological polar surface area (TPSA) is 165 Å². The number of benzene rings is 3. The summed E-state index contributed by atoms with van der Waals surface area (Å²) in [6.07, 6.45) is -1.40. The zero-order chi connectivity index (χ0) is 31.3. The van der Waals surface area contributed by atoms with E-state index in [1.165, 1.54) is 11.1 Å². The van der Waals surface area contributed by atoms with E-state index in [1.54, 1.807) is 6.07 Å². The van der Waals surface area contributed by atoms with E-state index in [-0.39, 0.29) is 5.75 Å².